The van der Waals surface area contributed by atoms with Gasteiger partial charge in [0.05, 0.1) is 49.0 Å². The van der Waals surface area contributed by atoms with Crippen LogP contribution in [0.4, 0.5) is 56.0 Å². The second-order valence-electron chi connectivity index (χ2n) is 17.6. The van der Waals surface area contributed by atoms with Crippen LogP contribution in [-0.4, -0.2) is 97.1 Å². The number of nitriles is 2. The van der Waals surface area contributed by atoms with Gasteiger partial charge in [-0.05, 0) is 105 Å². The molecular formula is C54H53N15O9S5. The first-order chi connectivity index (χ1) is 39.9. The predicted octanol–water partition coefficient (Wildman–Crippen LogP) is 13.0. The zero-order chi connectivity index (χ0) is 59.6. The summed E-state index contributed by atoms with van der Waals surface area (Å²) >= 11 is 3.07. The van der Waals surface area contributed by atoms with Crippen molar-refractivity contribution in [3.8, 4) is 51.9 Å². The second kappa shape index (κ2) is 26.5. The number of rotatable bonds is 24. The second-order valence-corrected chi connectivity index (χ2v) is 22.8. The Kier molecular flexibility index (Phi) is 19.3. The summed E-state index contributed by atoms with van der Waals surface area (Å²) in [6.45, 7) is 12.0. The number of aryl methyl sites for hydroxylation is 1. The minimum absolute atomic E-state index is 0.0114. The Hall–Kier alpha value is -8.68. The van der Waals surface area contributed by atoms with Crippen LogP contribution in [0.2, 0.25) is 0 Å². The monoisotopic (exact) mass is 1220 g/mol. The molecule has 24 nitrogen and oxygen atoms in total. The van der Waals surface area contributed by atoms with E-state index in [2.05, 4.69) is 61.8 Å². The zero-order valence-corrected chi connectivity index (χ0v) is 49.9. The molecule has 4 N–H and O–H groups in total. The van der Waals surface area contributed by atoms with E-state index in [1.165, 1.54) is 64.3 Å². The lowest BCUT2D eigenvalue weighted by atomic mass is 10.1. The van der Waals surface area contributed by atoms with Crippen LogP contribution < -0.4 is 34.6 Å². The molecular weight excluding hydrogens is 1160 g/mol. The fourth-order valence-corrected chi connectivity index (χ4v) is 12.1. The molecule has 0 saturated heterocycles. The highest BCUT2D eigenvalue weighted by molar-refractivity contribution is 7.98. The molecule has 0 bridgehead atoms. The van der Waals surface area contributed by atoms with Gasteiger partial charge >= 0.3 is 0 Å². The Morgan fingerprint density at radius 3 is 1.49 bits per heavy atom. The number of thioether (sulfide) groups is 1. The first kappa shape index (κ1) is 60.4. The summed E-state index contributed by atoms with van der Waals surface area (Å²) in [5, 5.41) is 46.3. The Morgan fingerprint density at radius 2 is 1.06 bits per heavy atom. The average molecular weight is 1220 g/mol. The van der Waals surface area contributed by atoms with Crippen molar-refractivity contribution in [1.82, 2.24) is 23.7 Å². The number of hydrogen-bond donors (Lipinski definition) is 4. The van der Waals surface area contributed by atoms with E-state index < -0.39 is 25.1 Å². The number of anilines is 6. The minimum atomic E-state index is -4.72. The quantitative estimate of drug-likeness (QED) is 0.0248. The molecule has 0 spiro atoms. The van der Waals surface area contributed by atoms with E-state index >= 15 is 0 Å². The Bertz CT molecular complexity index is 4080. The van der Waals surface area contributed by atoms with Crippen molar-refractivity contribution in [3.05, 3.63) is 113 Å². The fourth-order valence-electron chi connectivity index (χ4n) is 8.47. The van der Waals surface area contributed by atoms with Gasteiger partial charge in [0.25, 0.3) is 20.2 Å². The third-order valence-electron chi connectivity index (χ3n) is 12.6. The summed E-state index contributed by atoms with van der Waals surface area (Å²) in [6, 6.07) is 29.3. The number of azo groups is 2. The molecule has 0 fully saturated rings. The topological polar surface area (TPSA) is 328 Å². The molecule has 29 heteroatoms. The van der Waals surface area contributed by atoms with E-state index in [0.717, 1.165) is 34.7 Å². The van der Waals surface area contributed by atoms with Crippen molar-refractivity contribution in [3.63, 3.8) is 0 Å². The molecule has 428 valence electrons. The molecule has 0 radical (unpaired) electrons. The summed E-state index contributed by atoms with van der Waals surface area (Å²) in [4.78, 5) is 17.9. The van der Waals surface area contributed by atoms with Crippen LogP contribution >= 0.6 is 34.8 Å². The van der Waals surface area contributed by atoms with Gasteiger partial charge in [-0.3, -0.25) is 9.11 Å². The first-order valence-corrected chi connectivity index (χ1v) is 30.6. The van der Waals surface area contributed by atoms with Gasteiger partial charge in [0, 0.05) is 55.2 Å². The first-order valence-electron chi connectivity index (χ1n) is 25.2. The molecule has 0 aliphatic rings. The van der Waals surface area contributed by atoms with Crippen LogP contribution in [0.1, 0.15) is 49.9 Å². The maximum atomic E-state index is 12.3. The SMILES string of the molecule is CCN(CC)c1cc(Nc2nc(Nc3cc(N(CC)CC)c(OC)cc3N=Nc3snc(-c4ccc(OC)c(S(=O)(=O)O)c4)c3C#N)nc(SCc3ccccc3)n2)c(N=Nc2snc(-c3ccc(C)c(S(=O)(=O)O)c3)c2C#N)cc1OC. The normalized spacial score (nSPS) is 11.6. The van der Waals surface area contributed by atoms with Gasteiger partial charge in [0.2, 0.25) is 11.9 Å². The van der Waals surface area contributed by atoms with E-state index in [0.29, 0.717) is 76.9 Å². The van der Waals surface area contributed by atoms with E-state index in [1.54, 1.807) is 18.2 Å². The van der Waals surface area contributed by atoms with Gasteiger partial charge in [-0.1, -0.05) is 54.2 Å². The van der Waals surface area contributed by atoms with Crippen molar-refractivity contribution in [2.75, 3.05) is 67.9 Å². The minimum Gasteiger partial charge on any atom is -0.495 e. The maximum Gasteiger partial charge on any atom is 0.298 e. The molecule has 8 rings (SSSR count). The third-order valence-corrected chi connectivity index (χ3v) is 16.9. The highest BCUT2D eigenvalue weighted by Gasteiger charge is 2.25. The molecule has 8 aromatic rings. The molecule has 0 aliphatic heterocycles. The van der Waals surface area contributed by atoms with Gasteiger partial charge in [0.15, 0.2) is 15.2 Å². The molecule has 3 aromatic heterocycles. The predicted molar refractivity (Wildman–Crippen MR) is 319 cm³/mol. The Balaban J connectivity index is 1.24. The van der Waals surface area contributed by atoms with Crippen LogP contribution in [0, 0.1) is 29.6 Å². The lowest BCUT2D eigenvalue weighted by molar-refractivity contribution is 0.397. The summed E-state index contributed by atoms with van der Waals surface area (Å²) in [7, 11) is -4.99. The number of ether oxygens (including phenoxy) is 3. The van der Waals surface area contributed by atoms with Crippen molar-refractivity contribution in [2.45, 2.75) is 55.3 Å². The molecule has 0 atom stereocenters. The van der Waals surface area contributed by atoms with Gasteiger partial charge in [-0.25, -0.2) is 0 Å². The molecule has 5 aromatic carbocycles. The third kappa shape index (κ3) is 13.8. The van der Waals surface area contributed by atoms with Crippen molar-refractivity contribution >= 4 is 111 Å². The molecule has 0 amide bonds. The molecule has 83 heavy (non-hydrogen) atoms. The van der Waals surface area contributed by atoms with Crippen LogP contribution in [0.25, 0.3) is 22.5 Å². The van der Waals surface area contributed by atoms with Crippen molar-refractivity contribution in [2.24, 2.45) is 20.5 Å². The molecule has 0 aliphatic carbocycles. The maximum absolute atomic E-state index is 12.3. The van der Waals surface area contributed by atoms with Gasteiger partial charge in [0.1, 0.15) is 68.2 Å². The Labute approximate surface area is 491 Å². The van der Waals surface area contributed by atoms with E-state index in [4.69, 9.17) is 29.2 Å². The lowest BCUT2D eigenvalue weighted by Crippen LogP contribution is -2.22. The van der Waals surface area contributed by atoms with Crippen LogP contribution in [0.5, 0.6) is 17.2 Å². The lowest BCUT2D eigenvalue weighted by Gasteiger charge is -2.25. The van der Waals surface area contributed by atoms with Gasteiger partial charge < -0.3 is 34.6 Å². The van der Waals surface area contributed by atoms with Crippen molar-refractivity contribution < 1.29 is 40.2 Å². The zero-order valence-electron chi connectivity index (χ0n) is 45.8. The number of hydrogen-bond acceptors (Lipinski definition) is 25. The Morgan fingerprint density at radius 1 is 0.602 bits per heavy atom. The standard InChI is InChI=1S/C54H53N15O9S5/c1-9-68(10-2)41-24-37(39(26-44(41)77-7)62-64-50-35(28-55)48(66-80-50)33-19-18-31(5)46(22-33)82(70,71)72)57-52-59-53(61-54(60-52)79-30-32-16-14-13-15-17-32)58-38-25-42(69(11-3)12-4)45(78-8)27-40(38)63-65-51-36(29-56)49(67-81-51)34-20-21-43(76-6)47(23-34)83(73,74)75/h13-27H,9-12,30H2,1-8H3,(H,70,71,72)(H,73,74,75)(H2,57,58,59,60,61). The van der Waals surface area contributed by atoms with E-state index in [-0.39, 0.29) is 77.6 Å². The summed E-state index contributed by atoms with van der Waals surface area (Å²) in [5.41, 5.74) is 4.65. The summed E-state index contributed by atoms with van der Waals surface area (Å²) in [6.07, 6.45) is 0. The van der Waals surface area contributed by atoms with Crippen molar-refractivity contribution in [1.29, 1.82) is 10.5 Å². The van der Waals surface area contributed by atoms with E-state index in [1.807, 2.05) is 70.2 Å². The number of benzene rings is 5. The number of methoxy groups -OCH3 is 3. The number of nitrogens with zero attached hydrogens (tertiary/aromatic N) is 13. The highest BCUT2D eigenvalue weighted by atomic mass is 32.2. The van der Waals surface area contributed by atoms with E-state index in [9.17, 15) is 36.5 Å². The molecule has 0 unspecified atom stereocenters. The smallest absolute Gasteiger partial charge is 0.298 e. The highest BCUT2D eigenvalue weighted by Crippen LogP contribution is 2.45. The summed E-state index contributed by atoms with van der Waals surface area (Å²) < 4.78 is 94.6. The van der Waals surface area contributed by atoms with Gasteiger partial charge in [-0.15, -0.1) is 20.5 Å². The largest absolute Gasteiger partial charge is 0.495 e. The van der Waals surface area contributed by atoms with Crippen LogP contribution in [0.15, 0.2) is 126 Å². The fraction of sp³-hybridized carbons (Fsp3) is 0.241. The molecule has 3 heterocycles. The van der Waals surface area contributed by atoms with Gasteiger partial charge in [-0.2, -0.15) is 51.1 Å². The van der Waals surface area contributed by atoms with Crippen LogP contribution in [-0.2, 0) is 26.0 Å². The number of aromatic nitrogens is 5. The van der Waals surface area contributed by atoms with Crippen LogP contribution in [0.3, 0.4) is 0 Å². The molecule has 0 saturated carbocycles. The average Bonchev–Trinajstić information content (AvgIpc) is 4.33. The number of nitrogens with one attached hydrogen (secondary N) is 2. The summed E-state index contributed by atoms with van der Waals surface area (Å²) in [5.74, 6) is 1.44.